The highest BCUT2D eigenvalue weighted by molar-refractivity contribution is 14.1. The molecule has 0 aromatic heterocycles. The summed E-state index contributed by atoms with van der Waals surface area (Å²) in [6.45, 7) is 0. The van der Waals surface area contributed by atoms with Gasteiger partial charge in [-0.25, -0.2) is 4.39 Å². The zero-order chi connectivity index (χ0) is 8.97. The van der Waals surface area contributed by atoms with Gasteiger partial charge in [0, 0.05) is 16.4 Å². The first-order valence-electron chi connectivity index (χ1n) is 3.59. The summed E-state index contributed by atoms with van der Waals surface area (Å²) >= 11 is 2.14. The fraction of sp³-hybridized carbons (Fsp3) is 0.222. The molecule has 0 atom stereocenters. The molecule has 12 heavy (non-hydrogen) atoms. The van der Waals surface area contributed by atoms with Crippen LogP contribution in [0.3, 0.4) is 0 Å². The molecule has 0 bridgehead atoms. The third kappa shape index (κ3) is 2.55. The molecule has 1 aromatic carbocycles. The quantitative estimate of drug-likeness (QED) is 0.472. The maximum Gasteiger partial charge on any atom is 0.163 e. The summed E-state index contributed by atoms with van der Waals surface area (Å²) in [5, 5.41) is 0. The van der Waals surface area contributed by atoms with Crippen LogP contribution >= 0.6 is 22.6 Å². The van der Waals surface area contributed by atoms with E-state index in [4.69, 9.17) is 0 Å². The van der Waals surface area contributed by atoms with E-state index in [9.17, 15) is 9.18 Å². The van der Waals surface area contributed by atoms with Crippen molar-refractivity contribution in [3.8, 4) is 0 Å². The molecule has 0 saturated carbocycles. The predicted octanol–water partition coefficient (Wildman–Crippen LogP) is 2.83. The number of benzene rings is 1. The lowest BCUT2D eigenvalue weighted by molar-refractivity contribution is 0.0990. The van der Waals surface area contributed by atoms with Crippen molar-refractivity contribution in [2.75, 3.05) is 4.43 Å². The molecule has 0 N–H and O–H groups in total. The molecule has 0 aliphatic heterocycles. The summed E-state index contributed by atoms with van der Waals surface area (Å²) < 4.78 is 13.2. The van der Waals surface area contributed by atoms with Crippen LogP contribution in [0.1, 0.15) is 16.8 Å². The molecule has 0 aliphatic carbocycles. The number of alkyl halides is 1. The fourth-order valence-electron chi connectivity index (χ4n) is 0.866. The second kappa shape index (κ2) is 4.54. The Bertz CT molecular complexity index is 268. The summed E-state index contributed by atoms with van der Waals surface area (Å²) in [5.74, 6) is -0.231. The lowest BCUT2D eigenvalue weighted by Crippen LogP contribution is -1.98. The van der Waals surface area contributed by atoms with Crippen molar-refractivity contribution >= 4 is 28.4 Å². The van der Waals surface area contributed by atoms with Crippen molar-refractivity contribution in [1.29, 1.82) is 0 Å². The van der Waals surface area contributed by atoms with Crippen molar-refractivity contribution in [2.45, 2.75) is 6.42 Å². The molecule has 0 saturated heterocycles. The number of Topliss-reactive ketones (excluding diaryl/α,β-unsaturated/α-hetero) is 1. The second-order valence-electron chi connectivity index (χ2n) is 2.37. The van der Waals surface area contributed by atoms with Gasteiger partial charge in [-0.3, -0.25) is 4.79 Å². The van der Waals surface area contributed by atoms with Gasteiger partial charge in [0.05, 0.1) is 0 Å². The van der Waals surface area contributed by atoms with E-state index >= 15 is 0 Å². The van der Waals surface area contributed by atoms with Gasteiger partial charge in [-0.05, 0) is 24.3 Å². The van der Waals surface area contributed by atoms with Gasteiger partial charge in [0.1, 0.15) is 5.82 Å². The van der Waals surface area contributed by atoms with Gasteiger partial charge in [0.2, 0.25) is 0 Å². The molecule has 3 heteroatoms. The Balaban J connectivity index is 2.75. The zero-order valence-electron chi connectivity index (χ0n) is 6.39. The lowest BCUT2D eigenvalue weighted by atomic mass is 10.1. The van der Waals surface area contributed by atoms with E-state index < -0.39 is 0 Å². The highest BCUT2D eigenvalue weighted by atomic mass is 127. The molecular weight excluding hydrogens is 270 g/mol. The highest BCUT2D eigenvalue weighted by Crippen LogP contribution is 2.06. The Hall–Kier alpha value is -0.450. The summed E-state index contributed by atoms with van der Waals surface area (Å²) in [6, 6.07) is 5.65. The molecule has 1 rings (SSSR count). The molecule has 0 radical (unpaired) electrons. The molecule has 0 heterocycles. The van der Waals surface area contributed by atoms with Crippen molar-refractivity contribution in [2.24, 2.45) is 0 Å². The Morgan fingerprint density at radius 1 is 1.33 bits per heavy atom. The minimum Gasteiger partial charge on any atom is -0.294 e. The van der Waals surface area contributed by atoms with Crippen LogP contribution in [0.15, 0.2) is 24.3 Å². The van der Waals surface area contributed by atoms with E-state index in [-0.39, 0.29) is 11.6 Å². The van der Waals surface area contributed by atoms with Gasteiger partial charge < -0.3 is 0 Å². The molecule has 1 nitrogen and oxygen atoms in total. The summed E-state index contributed by atoms with van der Waals surface area (Å²) in [7, 11) is 0. The number of halogens is 2. The fourth-order valence-corrected chi connectivity index (χ4v) is 1.36. The van der Waals surface area contributed by atoms with E-state index in [0.717, 1.165) is 4.43 Å². The molecule has 0 spiro atoms. The average molecular weight is 278 g/mol. The summed E-state index contributed by atoms with van der Waals surface area (Å²) in [4.78, 5) is 11.2. The van der Waals surface area contributed by atoms with Crippen LogP contribution in [0.4, 0.5) is 4.39 Å². The Morgan fingerprint density at radius 3 is 2.42 bits per heavy atom. The first-order chi connectivity index (χ1) is 5.74. The topological polar surface area (TPSA) is 17.1 Å². The van der Waals surface area contributed by atoms with Crippen molar-refractivity contribution in [1.82, 2.24) is 0 Å². The summed E-state index contributed by atoms with van der Waals surface area (Å²) in [5.41, 5.74) is 0.591. The number of carbonyl (C=O) groups excluding carboxylic acids is 1. The summed E-state index contributed by atoms with van der Waals surface area (Å²) in [6.07, 6.45) is 0.520. The zero-order valence-corrected chi connectivity index (χ0v) is 8.55. The second-order valence-corrected chi connectivity index (χ2v) is 3.45. The minimum atomic E-state index is -0.305. The Labute approximate surface area is 84.1 Å². The predicted molar refractivity (Wildman–Crippen MR) is 54.2 cm³/mol. The lowest BCUT2D eigenvalue weighted by Gasteiger charge is -1.96. The Morgan fingerprint density at radius 2 is 1.92 bits per heavy atom. The number of carbonyl (C=O) groups is 1. The van der Waals surface area contributed by atoms with Crippen molar-refractivity contribution in [3.05, 3.63) is 35.6 Å². The van der Waals surface area contributed by atoms with Crippen LogP contribution in [-0.2, 0) is 0 Å². The van der Waals surface area contributed by atoms with E-state index in [1.54, 1.807) is 0 Å². The SMILES string of the molecule is O=C(CCI)c1ccc(F)cc1. The van der Waals surface area contributed by atoms with E-state index in [0.29, 0.717) is 12.0 Å². The largest absolute Gasteiger partial charge is 0.294 e. The van der Waals surface area contributed by atoms with Crippen molar-refractivity contribution in [3.63, 3.8) is 0 Å². The maximum absolute atomic E-state index is 12.4. The third-order valence-corrected chi connectivity index (χ3v) is 2.03. The number of ketones is 1. The first kappa shape index (κ1) is 9.64. The van der Waals surface area contributed by atoms with Gasteiger partial charge >= 0.3 is 0 Å². The third-order valence-electron chi connectivity index (χ3n) is 1.49. The maximum atomic E-state index is 12.4. The van der Waals surface area contributed by atoms with E-state index in [1.807, 2.05) is 0 Å². The molecular formula is C9H8FIO. The van der Waals surface area contributed by atoms with Crippen LogP contribution in [-0.4, -0.2) is 10.2 Å². The first-order valence-corrected chi connectivity index (χ1v) is 5.11. The number of hydrogen-bond acceptors (Lipinski definition) is 1. The van der Waals surface area contributed by atoms with Gasteiger partial charge in [-0.15, -0.1) is 0 Å². The molecule has 0 unspecified atom stereocenters. The standard InChI is InChI=1S/C9H8FIO/c10-8-3-1-7(2-4-8)9(12)5-6-11/h1-4H,5-6H2. The molecule has 64 valence electrons. The smallest absolute Gasteiger partial charge is 0.163 e. The van der Waals surface area contributed by atoms with Crippen LogP contribution in [0.25, 0.3) is 0 Å². The van der Waals surface area contributed by atoms with E-state index in [2.05, 4.69) is 22.6 Å². The highest BCUT2D eigenvalue weighted by Gasteiger charge is 2.03. The van der Waals surface area contributed by atoms with Crippen LogP contribution in [0.2, 0.25) is 0 Å². The molecule has 1 aromatic rings. The number of hydrogen-bond donors (Lipinski definition) is 0. The van der Waals surface area contributed by atoms with Gasteiger partial charge in [0.15, 0.2) is 5.78 Å². The molecule has 0 aliphatic rings. The average Bonchev–Trinajstić information content (AvgIpc) is 2.06. The van der Waals surface area contributed by atoms with Crippen LogP contribution < -0.4 is 0 Å². The molecule has 0 fully saturated rings. The van der Waals surface area contributed by atoms with Crippen LogP contribution in [0, 0.1) is 5.82 Å². The van der Waals surface area contributed by atoms with Gasteiger partial charge in [-0.1, -0.05) is 22.6 Å². The monoisotopic (exact) mass is 278 g/mol. The number of rotatable bonds is 3. The molecule has 0 amide bonds. The minimum absolute atomic E-state index is 0.0735. The van der Waals surface area contributed by atoms with Crippen LogP contribution in [0.5, 0.6) is 0 Å². The van der Waals surface area contributed by atoms with E-state index in [1.165, 1.54) is 24.3 Å². The van der Waals surface area contributed by atoms with Gasteiger partial charge in [-0.2, -0.15) is 0 Å². The van der Waals surface area contributed by atoms with Gasteiger partial charge in [0.25, 0.3) is 0 Å². The Kier molecular flexibility index (Phi) is 3.65. The van der Waals surface area contributed by atoms with Crippen molar-refractivity contribution < 1.29 is 9.18 Å². The normalized spacial score (nSPS) is 9.83.